The first-order valence-electron chi connectivity index (χ1n) is 9.34. The summed E-state index contributed by atoms with van der Waals surface area (Å²) in [7, 11) is 6.15. The van der Waals surface area contributed by atoms with Gasteiger partial charge >= 0.3 is 5.97 Å². The zero-order valence-corrected chi connectivity index (χ0v) is 16.9. The lowest BCUT2D eigenvalue weighted by molar-refractivity contribution is -0.143. The molecule has 152 valence electrons. The van der Waals surface area contributed by atoms with Crippen LogP contribution in [0.4, 0.5) is 0 Å². The van der Waals surface area contributed by atoms with E-state index < -0.39 is 6.04 Å². The highest BCUT2D eigenvalue weighted by atomic mass is 16.5. The third-order valence-corrected chi connectivity index (χ3v) is 5.42. The fraction of sp³-hybridized carbons (Fsp3) is 0.318. The summed E-state index contributed by atoms with van der Waals surface area (Å²) in [5.41, 5.74) is 4.04. The van der Waals surface area contributed by atoms with Crippen LogP contribution in [0, 0.1) is 0 Å². The molecule has 2 N–H and O–H groups in total. The van der Waals surface area contributed by atoms with E-state index in [1.807, 2.05) is 30.3 Å². The average molecular weight is 396 g/mol. The maximum absolute atomic E-state index is 12.4. The molecule has 1 aliphatic rings. The van der Waals surface area contributed by atoms with Crippen LogP contribution < -0.4 is 19.5 Å². The summed E-state index contributed by atoms with van der Waals surface area (Å²) in [6, 6.07) is 11.1. The van der Waals surface area contributed by atoms with Crippen molar-refractivity contribution in [2.24, 2.45) is 0 Å². The Labute approximate surface area is 168 Å². The quantitative estimate of drug-likeness (QED) is 0.646. The molecule has 0 aliphatic carbocycles. The highest BCUT2D eigenvalue weighted by molar-refractivity contribution is 5.87. The Balaban J connectivity index is 1.90. The maximum atomic E-state index is 12.4. The molecule has 0 unspecified atom stereocenters. The van der Waals surface area contributed by atoms with Crippen LogP contribution in [0.15, 0.2) is 36.4 Å². The summed E-state index contributed by atoms with van der Waals surface area (Å²) >= 11 is 0. The topological polar surface area (TPSA) is 81.8 Å². The minimum Gasteiger partial charge on any atom is -0.493 e. The van der Waals surface area contributed by atoms with Crippen molar-refractivity contribution in [2.45, 2.75) is 18.5 Å². The summed E-state index contributed by atoms with van der Waals surface area (Å²) in [5.74, 6) is 1.34. The van der Waals surface area contributed by atoms with E-state index in [2.05, 4.69) is 16.4 Å². The van der Waals surface area contributed by atoms with Gasteiger partial charge < -0.3 is 23.9 Å². The number of carbonyl (C=O) groups is 1. The predicted molar refractivity (Wildman–Crippen MR) is 109 cm³/mol. The van der Waals surface area contributed by atoms with E-state index in [1.54, 1.807) is 21.3 Å². The van der Waals surface area contributed by atoms with Gasteiger partial charge in [-0.15, -0.1) is 0 Å². The smallest absolute Gasteiger partial charge is 0.323 e. The fourth-order valence-electron chi connectivity index (χ4n) is 4.06. The summed E-state index contributed by atoms with van der Waals surface area (Å²) in [6.07, 6.45) is 0.549. The molecule has 0 saturated heterocycles. The van der Waals surface area contributed by atoms with Gasteiger partial charge in [0.05, 0.1) is 34.5 Å². The second kappa shape index (κ2) is 7.67. The first kappa shape index (κ1) is 19.1. The lowest BCUT2D eigenvalue weighted by atomic mass is 9.90. The van der Waals surface area contributed by atoms with Crippen molar-refractivity contribution >= 4 is 16.9 Å². The number of methoxy groups -OCH3 is 4. The molecular formula is C22H24N2O5. The van der Waals surface area contributed by atoms with E-state index in [9.17, 15) is 4.79 Å². The zero-order chi connectivity index (χ0) is 20.5. The number of esters is 1. The number of fused-ring (bicyclic) bond motifs is 3. The highest BCUT2D eigenvalue weighted by Crippen LogP contribution is 2.43. The van der Waals surface area contributed by atoms with Crippen molar-refractivity contribution in [3.8, 4) is 17.2 Å². The van der Waals surface area contributed by atoms with Gasteiger partial charge in [-0.25, -0.2) is 0 Å². The molecule has 4 rings (SSSR count). The second-order valence-corrected chi connectivity index (χ2v) is 6.90. The average Bonchev–Trinajstić information content (AvgIpc) is 3.15. The first-order chi connectivity index (χ1) is 14.1. The molecule has 2 heterocycles. The molecule has 0 spiro atoms. The van der Waals surface area contributed by atoms with Gasteiger partial charge in [0.25, 0.3) is 0 Å². The van der Waals surface area contributed by atoms with Gasteiger partial charge in [-0.05, 0) is 29.3 Å². The molecule has 29 heavy (non-hydrogen) atoms. The van der Waals surface area contributed by atoms with Gasteiger partial charge in [0.1, 0.15) is 6.04 Å². The van der Waals surface area contributed by atoms with Gasteiger partial charge in [0, 0.05) is 23.0 Å². The molecule has 0 amide bonds. The van der Waals surface area contributed by atoms with Crippen LogP contribution >= 0.6 is 0 Å². The van der Waals surface area contributed by atoms with Crippen molar-refractivity contribution in [3.05, 3.63) is 53.2 Å². The van der Waals surface area contributed by atoms with Crippen molar-refractivity contribution in [2.75, 3.05) is 28.4 Å². The van der Waals surface area contributed by atoms with E-state index in [1.165, 1.54) is 7.11 Å². The normalized spacial score (nSPS) is 18.2. The minimum atomic E-state index is -0.462. The third-order valence-electron chi connectivity index (χ3n) is 5.42. The van der Waals surface area contributed by atoms with Crippen LogP contribution in [-0.2, 0) is 16.0 Å². The van der Waals surface area contributed by atoms with Crippen LogP contribution in [0.25, 0.3) is 10.9 Å². The predicted octanol–water partition coefficient (Wildman–Crippen LogP) is 2.97. The number of nitrogens with one attached hydrogen (secondary N) is 2. The molecule has 0 radical (unpaired) electrons. The Morgan fingerprint density at radius 1 is 1.00 bits per heavy atom. The summed E-state index contributed by atoms with van der Waals surface area (Å²) in [5, 5.41) is 4.53. The Kier molecular flexibility index (Phi) is 5.07. The van der Waals surface area contributed by atoms with Crippen LogP contribution in [0.5, 0.6) is 17.2 Å². The molecule has 0 fully saturated rings. The number of benzene rings is 2. The molecule has 7 heteroatoms. The SMILES string of the molecule is COC(=O)[C@@H]1Cc2c([nH]c3ccccc23)[C@H](c2cc(OC)c(OC)c(OC)c2)N1. The van der Waals surface area contributed by atoms with Crippen LogP contribution in [0.1, 0.15) is 22.9 Å². The molecule has 2 aromatic carbocycles. The number of rotatable bonds is 5. The third kappa shape index (κ3) is 3.17. The monoisotopic (exact) mass is 396 g/mol. The highest BCUT2D eigenvalue weighted by Gasteiger charge is 2.35. The maximum Gasteiger partial charge on any atom is 0.323 e. The number of hydrogen-bond donors (Lipinski definition) is 2. The van der Waals surface area contributed by atoms with E-state index in [4.69, 9.17) is 18.9 Å². The summed E-state index contributed by atoms with van der Waals surface area (Å²) in [4.78, 5) is 15.9. The molecule has 2 atom stereocenters. The molecule has 7 nitrogen and oxygen atoms in total. The summed E-state index contributed by atoms with van der Waals surface area (Å²) < 4.78 is 21.5. The largest absolute Gasteiger partial charge is 0.493 e. The number of hydrogen-bond acceptors (Lipinski definition) is 6. The van der Waals surface area contributed by atoms with Gasteiger partial charge in [-0.3, -0.25) is 10.1 Å². The van der Waals surface area contributed by atoms with Gasteiger partial charge in [0.2, 0.25) is 5.75 Å². The van der Waals surface area contributed by atoms with E-state index in [-0.39, 0.29) is 12.0 Å². The number of H-pyrrole nitrogens is 1. The van der Waals surface area contributed by atoms with Gasteiger partial charge in [0.15, 0.2) is 11.5 Å². The Morgan fingerprint density at radius 2 is 1.69 bits per heavy atom. The van der Waals surface area contributed by atoms with Crippen LogP contribution in [0.3, 0.4) is 0 Å². The second-order valence-electron chi connectivity index (χ2n) is 6.90. The first-order valence-corrected chi connectivity index (χ1v) is 9.34. The van der Waals surface area contributed by atoms with Crippen molar-refractivity contribution in [3.63, 3.8) is 0 Å². The molecule has 0 saturated carbocycles. The number of ether oxygens (including phenoxy) is 4. The number of aromatic nitrogens is 1. The van der Waals surface area contributed by atoms with E-state index in [0.717, 1.165) is 27.7 Å². The standard InChI is InChI=1S/C22H24N2O5/c1-26-17-9-12(10-18(27-2)21(17)28-3)19-20-14(11-16(24-19)22(25)29-4)13-7-5-6-8-15(13)23-20/h5-10,16,19,23-24H,11H2,1-4H3/t16-,19-/m0/s1. The molecule has 1 aliphatic heterocycles. The van der Waals surface area contributed by atoms with Crippen LogP contribution in [-0.4, -0.2) is 45.4 Å². The van der Waals surface area contributed by atoms with Gasteiger partial charge in [-0.1, -0.05) is 18.2 Å². The zero-order valence-electron chi connectivity index (χ0n) is 16.9. The Hall–Kier alpha value is -3.19. The number of carbonyl (C=O) groups excluding carboxylic acids is 1. The number of aromatic amines is 1. The lowest BCUT2D eigenvalue weighted by Crippen LogP contribution is -2.45. The molecule has 3 aromatic rings. The summed E-state index contributed by atoms with van der Waals surface area (Å²) in [6.45, 7) is 0. The van der Waals surface area contributed by atoms with Crippen molar-refractivity contribution < 1.29 is 23.7 Å². The van der Waals surface area contributed by atoms with Crippen LogP contribution in [0.2, 0.25) is 0 Å². The minimum absolute atomic E-state index is 0.274. The lowest BCUT2D eigenvalue weighted by Gasteiger charge is -2.31. The molecule has 1 aromatic heterocycles. The Morgan fingerprint density at radius 3 is 2.31 bits per heavy atom. The Bertz CT molecular complexity index is 1030. The number of para-hydroxylation sites is 1. The molecule has 0 bridgehead atoms. The van der Waals surface area contributed by atoms with Crippen molar-refractivity contribution in [1.29, 1.82) is 0 Å². The molecular weight excluding hydrogens is 372 g/mol. The van der Waals surface area contributed by atoms with E-state index in [0.29, 0.717) is 23.7 Å². The van der Waals surface area contributed by atoms with Gasteiger partial charge in [-0.2, -0.15) is 0 Å². The van der Waals surface area contributed by atoms with Crippen molar-refractivity contribution in [1.82, 2.24) is 10.3 Å². The fourth-order valence-corrected chi connectivity index (χ4v) is 4.06. The van der Waals surface area contributed by atoms with E-state index >= 15 is 0 Å².